The van der Waals surface area contributed by atoms with Crippen LogP contribution in [0.2, 0.25) is 0 Å². The van der Waals surface area contributed by atoms with Crippen molar-refractivity contribution in [3.63, 3.8) is 0 Å². The Labute approximate surface area is 86.6 Å². The number of halogens is 3. The molecule has 0 N–H and O–H groups in total. The highest BCUT2D eigenvalue weighted by Gasteiger charge is 2.34. The summed E-state index contributed by atoms with van der Waals surface area (Å²) in [6.45, 7) is 5.95. The van der Waals surface area contributed by atoms with Gasteiger partial charge in [-0.2, -0.15) is 13.2 Å². The largest absolute Gasteiger partial charge is 0.451 e. The van der Waals surface area contributed by atoms with Crippen LogP contribution in [0, 0.1) is 5.92 Å². The van der Waals surface area contributed by atoms with E-state index in [4.69, 9.17) is 0 Å². The summed E-state index contributed by atoms with van der Waals surface area (Å²) in [6, 6.07) is 0. The molecule has 0 amide bonds. The average molecular weight is 218 g/mol. The van der Waals surface area contributed by atoms with Crippen molar-refractivity contribution in [2.24, 2.45) is 5.92 Å². The summed E-state index contributed by atoms with van der Waals surface area (Å²) < 4.78 is 36.5. The minimum absolute atomic E-state index is 0.160. The Morgan fingerprint density at radius 3 is 1.87 bits per heavy atom. The molecule has 1 aromatic heterocycles. The van der Waals surface area contributed by atoms with Crippen LogP contribution in [0.1, 0.15) is 38.1 Å². The maximum absolute atomic E-state index is 12.2. The normalized spacial score (nSPS) is 14.3. The zero-order valence-corrected chi connectivity index (χ0v) is 8.84. The Hall–Kier alpha value is -1.13. The third-order valence-electron chi connectivity index (χ3n) is 2.45. The molecule has 1 heterocycles. The van der Waals surface area contributed by atoms with Crippen LogP contribution in [0.4, 0.5) is 13.2 Å². The highest BCUT2D eigenvalue weighted by Crippen LogP contribution is 2.27. The summed E-state index contributed by atoms with van der Waals surface area (Å²) in [6.07, 6.45) is -1.96. The molecule has 0 spiro atoms. The van der Waals surface area contributed by atoms with Crippen molar-refractivity contribution in [2.75, 3.05) is 0 Å². The van der Waals surface area contributed by atoms with Crippen molar-refractivity contribution in [2.45, 2.75) is 32.9 Å². The minimum Gasteiger partial charge on any atom is -0.233 e. The SMILES string of the molecule is CC(C)[C@H](C)c1cnc(C(F)(F)F)nc1. The molecule has 1 rings (SSSR count). The molecule has 0 bridgehead atoms. The molecule has 2 nitrogen and oxygen atoms in total. The van der Waals surface area contributed by atoms with Crippen LogP contribution in [-0.4, -0.2) is 9.97 Å². The van der Waals surface area contributed by atoms with Crippen LogP contribution < -0.4 is 0 Å². The van der Waals surface area contributed by atoms with E-state index in [9.17, 15) is 13.2 Å². The van der Waals surface area contributed by atoms with Gasteiger partial charge in [0.1, 0.15) is 0 Å². The van der Waals surface area contributed by atoms with E-state index >= 15 is 0 Å². The van der Waals surface area contributed by atoms with Gasteiger partial charge in [0.25, 0.3) is 0 Å². The quantitative estimate of drug-likeness (QED) is 0.761. The third kappa shape index (κ3) is 2.91. The first-order valence-corrected chi connectivity index (χ1v) is 4.71. The molecule has 0 saturated carbocycles. The van der Waals surface area contributed by atoms with Gasteiger partial charge in [-0.05, 0) is 17.4 Å². The molecule has 1 aromatic rings. The second-order valence-corrected chi connectivity index (χ2v) is 3.87. The van der Waals surface area contributed by atoms with Gasteiger partial charge < -0.3 is 0 Å². The molecule has 0 aromatic carbocycles. The van der Waals surface area contributed by atoms with Crippen molar-refractivity contribution < 1.29 is 13.2 Å². The summed E-state index contributed by atoms with van der Waals surface area (Å²) in [5, 5.41) is 0. The van der Waals surface area contributed by atoms with Gasteiger partial charge in [0.05, 0.1) is 0 Å². The van der Waals surface area contributed by atoms with Gasteiger partial charge in [0, 0.05) is 12.4 Å². The molecule has 0 aliphatic carbocycles. The lowest BCUT2D eigenvalue weighted by Gasteiger charge is -2.15. The summed E-state index contributed by atoms with van der Waals surface area (Å²) in [4.78, 5) is 6.63. The number of aromatic nitrogens is 2. The van der Waals surface area contributed by atoms with Gasteiger partial charge in [-0.15, -0.1) is 0 Å². The fraction of sp³-hybridized carbons (Fsp3) is 0.600. The zero-order valence-electron chi connectivity index (χ0n) is 8.84. The van der Waals surface area contributed by atoms with E-state index in [-0.39, 0.29) is 5.92 Å². The first-order chi connectivity index (χ1) is 6.82. The van der Waals surface area contributed by atoms with Gasteiger partial charge in [-0.1, -0.05) is 20.8 Å². The molecule has 84 valence electrons. The molecular weight excluding hydrogens is 205 g/mol. The van der Waals surface area contributed by atoms with E-state index in [2.05, 4.69) is 9.97 Å². The standard InChI is InChI=1S/C10H13F3N2/c1-6(2)7(3)8-4-14-9(15-5-8)10(11,12)13/h4-7H,1-3H3/t7-/m0/s1. The van der Waals surface area contributed by atoms with E-state index in [1.54, 1.807) is 0 Å². The molecule has 1 atom stereocenters. The van der Waals surface area contributed by atoms with Gasteiger partial charge in [0.15, 0.2) is 0 Å². The molecule has 0 radical (unpaired) electrons. The first-order valence-electron chi connectivity index (χ1n) is 4.71. The third-order valence-corrected chi connectivity index (χ3v) is 2.45. The zero-order chi connectivity index (χ0) is 11.6. The Balaban J connectivity index is 2.91. The van der Waals surface area contributed by atoms with E-state index in [1.165, 1.54) is 12.4 Å². The van der Waals surface area contributed by atoms with Gasteiger partial charge >= 0.3 is 6.18 Å². The highest BCUT2D eigenvalue weighted by molar-refractivity contribution is 5.12. The molecule has 0 saturated heterocycles. The fourth-order valence-electron chi connectivity index (χ4n) is 1.10. The number of hydrogen-bond donors (Lipinski definition) is 0. The molecule has 0 aliphatic rings. The molecule has 0 aliphatic heterocycles. The highest BCUT2D eigenvalue weighted by atomic mass is 19.4. The van der Waals surface area contributed by atoms with Gasteiger partial charge in [0.2, 0.25) is 5.82 Å². The Kier molecular flexibility index (Phi) is 3.31. The average Bonchev–Trinajstić information content (AvgIpc) is 2.15. The Bertz CT molecular complexity index is 316. The number of nitrogens with zero attached hydrogens (tertiary/aromatic N) is 2. The first kappa shape index (κ1) is 11.9. The van der Waals surface area contributed by atoms with Crippen LogP contribution in [0.15, 0.2) is 12.4 Å². The summed E-state index contributed by atoms with van der Waals surface area (Å²) in [5.41, 5.74) is 0.734. The Morgan fingerprint density at radius 2 is 1.53 bits per heavy atom. The second kappa shape index (κ2) is 4.16. The lowest BCUT2D eigenvalue weighted by Crippen LogP contribution is -2.12. The van der Waals surface area contributed by atoms with Crippen molar-refractivity contribution >= 4 is 0 Å². The predicted octanol–water partition coefficient (Wildman–Crippen LogP) is 3.25. The number of rotatable bonds is 2. The van der Waals surface area contributed by atoms with Crippen LogP contribution in [0.25, 0.3) is 0 Å². The van der Waals surface area contributed by atoms with E-state index in [1.807, 2.05) is 20.8 Å². The molecule has 0 fully saturated rings. The van der Waals surface area contributed by atoms with Gasteiger partial charge in [-0.3, -0.25) is 0 Å². The van der Waals surface area contributed by atoms with Crippen LogP contribution >= 0.6 is 0 Å². The topological polar surface area (TPSA) is 25.8 Å². The number of hydrogen-bond acceptors (Lipinski definition) is 2. The number of alkyl halides is 3. The van der Waals surface area contributed by atoms with Crippen molar-refractivity contribution in [3.05, 3.63) is 23.8 Å². The summed E-state index contributed by atoms with van der Waals surface area (Å²) in [5.74, 6) is -0.570. The summed E-state index contributed by atoms with van der Waals surface area (Å²) in [7, 11) is 0. The van der Waals surface area contributed by atoms with Gasteiger partial charge in [-0.25, -0.2) is 9.97 Å². The molecule has 0 unspecified atom stereocenters. The van der Waals surface area contributed by atoms with Crippen molar-refractivity contribution in [3.8, 4) is 0 Å². The van der Waals surface area contributed by atoms with Crippen molar-refractivity contribution in [1.29, 1.82) is 0 Å². The summed E-state index contributed by atoms with van der Waals surface area (Å²) >= 11 is 0. The molecular formula is C10H13F3N2. The van der Waals surface area contributed by atoms with Crippen molar-refractivity contribution in [1.82, 2.24) is 9.97 Å². The smallest absolute Gasteiger partial charge is 0.233 e. The van der Waals surface area contributed by atoms with E-state index in [0.717, 1.165) is 5.56 Å². The minimum atomic E-state index is -4.46. The van der Waals surface area contributed by atoms with E-state index in [0.29, 0.717) is 5.92 Å². The lowest BCUT2D eigenvalue weighted by atomic mass is 9.92. The monoisotopic (exact) mass is 218 g/mol. The van der Waals surface area contributed by atoms with Crippen LogP contribution in [-0.2, 0) is 6.18 Å². The van der Waals surface area contributed by atoms with E-state index < -0.39 is 12.0 Å². The predicted molar refractivity (Wildman–Crippen MR) is 50.3 cm³/mol. The maximum atomic E-state index is 12.2. The molecule has 15 heavy (non-hydrogen) atoms. The van der Waals surface area contributed by atoms with Crippen LogP contribution in [0.5, 0.6) is 0 Å². The second-order valence-electron chi connectivity index (χ2n) is 3.87. The Morgan fingerprint density at radius 1 is 1.07 bits per heavy atom. The van der Waals surface area contributed by atoms with Crippen LogP contribution in [0.3, 0.4) is 0 Å². The molecule has 5 heteroatoms. The maximum Gasteiger partial charge on any atom is 0.451 e. The lowest BCUT2D eigenvalue weighted by molar-refractivity contribution is -0.145. The fourth-order valence-corrected chi connectivity index (χ4v) is 1.10.